The Bertz CT molecular complexity index is 1470. The molecule has 2 aromatic carbocycles. The molecule has 0 aliphatic heterocycles. The number of aryl methyl sites for hydroxylation is 1. The maximum Gasteiger partial charge on any atom is 0.279 e. The van der Waals surface area contributed by atoms with Crippen molar-refractivity contribution >= 4 is 17.2 Å². The van der Waals surface area contributed by atoms with Crippen LogP contribution in [-0.4, -0.2) is 41.3 Å². The molecule has 0 aliphatic carbocycles. The van der Waals surface area contributed by atoms with Crippen LogP contribution in [0.15, 0.2) is 78.0 Å². The van der Waals surface area contributed by atoms with Gasteiger partial charge in [0.15, 0.2) is 0 Å². The van der Waals surface area contributed by atoms with E-state index in [9.17, 15) is 4.79 Å². The summed E-state index contributed by atoms with van der Waals surface area (Å²) in [5.41, 5.74) is 4.51. The van der Waals surface area contributed by atoms with Crippen molar-refractivity contribution in [1.29, 1.82) is 0 Å². The Kier molecular flexibility index (Phi) is 6.13. The number of carbonyl (C=O) groups is 1. The van der Waals surface area contributed by atoms with Gasteiger partial charge >= 0.3 is 0 Å². The first kappa shape index (κ1) is 21.5. The number of tetrazole rings is 1. The normalized spacial score (nSPS) is 11.6. The molecule has 0 spiro atoms. The quantitative estimate of drug-likeness (QED) is 0.408. The smallest absolute Gasteiger partial charge is 0.267 e. The lowest BCUT2D eigenvalue weighted by Gasteiger charge is -2.08. The molecular formula is C24H20N8OS. The van der Waals surface area contributed by atoms with Gasteiger partial charge in [0.1, 0.15) is 5.01 Å². The zero-order valence-corrected chi connectivity index (χ0v) is 19.1. The van der Waals surface area contributed by atoms with Gasteiger partial charge in [-0.2, -0.15) is 15.3 Å². The summed E-state index contributed by atoms with van der Waals surface area (Å²) in [6, 6.07) is 19.5. The maximum absolute atomic E-state index is 12.6. The number of pyridine rings is 1. The van der Waals surface area contributed by atoms with Crippen LogP contribution in [-0.2, 0) is 13.0 Å². The number of aromatic nitrogens is 7. The second-order valence-electron chi connectivity index (χ2n) is 7.42. The van der Waals surface area contributed by atoms with Gasteiger partial charge in [-0.3, -0.25) is 9.78 Å². The summed E-state index contributed by atoms with van der Waals surface area (Å²) in [5.74, 6) is 0.241. The molecule has 5 aromatic rings. The van der Waals surface area contributed by atoms with E-state index in [4.69, 9.17) is 0 Å². The van der Waals surface area contributed by atoms with Crippen molar-refractivity contribution in [2.24, 2.45) is 4.99 Å². The van der Waals surface area contributed by atoms with Crippen LogP contribution in [0, 0.1) is 0 Å². The summed E-state index contributed by atoms with van der Waals surface area (Å²) < 4.78 is 1.78. The van der Waals surface area contributed by atoms with Gasteiger partial charge in [0.2, 0.25) is 10.6 Å². The largest absolute Gasteiger partial charge is 0.279 e. The fourth-order valence-corrected chi connectivity index (χ4v) is 4.33. The second-order valence-corrected chi connectivity index (χ2v) is 8.46. The fraction of sp³-hybridized carbons (Fsp3) is 0.125. The van der Waals surface area contributed by atoms with Crippen LogP contribution in [0.2, 0.25) is 0 Å². The Hall–Kier alpha value is -4.31. The fourth-order valence-electron chi connectivity index (χ4n) is 3.50. The second kappa shape index (κ2) is 9.67. The van der Waals surface area contributed by atoms with Gasteiger partial charge in [0.25, 0.3) is 5.91 Å². The molecule has 10 heteroatoms. The molecule has 0 saturated heterocycles. The number of nitrogens with zero attached hydrogens (tertiary/aromatic N) is 7. The number of carbonyl (C=O) groups excluding carboxylic acids is 1. The minimum atomic E-state index is -0.309. The molecule has 0 aliphatic rings. The molecule has 9 nitrogen and oxygen atoms in total. The van der Waals surface area contributed by atoms with E-state index in [1.165, 1.54) is 11.3 Å². The predicted octanol–water partition coefficient (Wildman–Crippen LogP) is 3.54. The number of rotatable bonds is 6. The van der Waals surface area contributed by atoms with Gasteiger partial charge in [-0.15, -0.1) is 10.2 Å². The highest BCUT2D eigenvalue weighted by atomic mass is 32.1. The molecule has 0 bridgehead atoms. The van der Waals surface area contributed by atoms with Crippen LogP contribution in [0.4, 0.5) is 0 Å². The number of aromatic amines is 1. The first-order valence-corrected chi connectivity index (χ1v) is 11.5. The topological polar surface area (TPSA) is 115 Å². The number of hydrogen-bond acceptors (Lipinski definition) is 7. The highest BCUT2D eigenvalue weighted by Crippen LogP contribution is 2.29. The maximum atomic E-state index is 12.6. The summed E-state index contributed by atoms with van der Waals surface area (Å²) in [5, 5.41) is 20.0. The standard InChI is InChI=1S/C24H20N8OS/c1-2-21-29-32(24(34-21)26-23(33)18-11-13-25-14-12-18)15-16-7-9-17(10-8-16)19-5-3-4-6-20(19)22-27-30-31-28-22/h3-14H,2,15H2,1H3,(H,27,28,30,31). The monoisotopic (exact) mass is 468 g/mol. The molecule has 168 valence electrons. The third kappa shape index (κ3) is 4.57. The molecule has 1 amide bonds. The van der Waals surface area contributed by atoms with Crippen LogP contribution < -0.4 is 4.80 Å². The number of hydrogen-bond donors (Lipinski definition) is 1. The van der Waals surface area contributed by atoms with Crippen molar-refractivity contribution in [2.45, 2.75) is 19.9 Å². The van der Waals surface area contributed by atoms with E-state index in [2.05, 4.69) is 60.0 Å². The van der Waals surface area contributed by atoms with Gasteiger partial charge in [0.05, 0.1) is 6.54 Å². The Morgan fingerprint density at radius 2 is 1.79 bits per heavy atom. The lowest BCUT2D eigenvalue weighted by Crippen LogP contribution is -2.19. The van der Waals surface area contributed by atoms with Crippen LogP contribution in [0.1, 0.15) is 27.9 Å². The number of nitrogens with one attached hydrogen (secondary N) is 1. The van der Waals surface area contributed by atoms with Crippen molar-refractivity contribution < 1.29 is 4.79 Å². The zero-order chi connectivity index (χ0) is 23.3. The van der Waals surface area contributed by atoms with E-state index in [0.717, 1.165) is 33.7 Å². The molecule has 0 unspecified atom stereocenters. The van der Waals surface area contributed by atoms with Gasteiger partial charge in [-0.25, -0.2) is 4.68 Å². The van der Waals surface area contributed by atoms with E-state index in [1.54, 1.807) is 29.2 Å². The molecule has 1 N–H and O–H groups in total. The molecule has 34 heavy (non-hydrogen) atoms. The lowest BCUT2D eigenvalue weighted by molar-refractivity contribution is 0.0997. The molecule has 3 aromatic heterocycles. The van der Waals surface area contributed by atoms with Crippen LogP contribution in [0.25, 0.3) is 22.5 Å². The van der Waals surface area contributed by atoms with E-state index < -0.39 is 0 Å². The van der Waals surface area contributed by atoms with Crippen LogP contribution in [0.5, 0.6) is 0 Å². The molecule has 0 saturated carbocycles. The highest BCUT2D eigenvalue weighted by Gasteiger charge is 2.12. The minimum Gasteiger partial charge on any atom is -0.267 e. The molecule has 3 heterocycles. The minimum absolute atomic E-state index is 0.309. The van der Waals surface area contributed by atoms with E-state index in [1.807, 2.05) is 31.2 Å². The van der Waals surface area contributed by atoms with E-state index in [0.29, 0.717) is 22.7 Å². The highest BCUT2D eigenvalue weighted by molar-refractivity contribution is 7.08. The molecule has 0 fully saturated rings. The van der Waals surface area contributed by atoms with Gasteiger partial charge in [-0.1, -0.05) is 66.8 Å². The number of amides is 1. The first-order valence-electron chi connectivity index (χ1n) is 10.7. The first-order chi connectivity index (χ1) is 16.7. The molecular weight excluding hydrogens is 448 g/mol. The Morgan fingerprint density at radius 3 is 2.50 bits per heavy atom. The Balaban J connectivity index is 1.43. The SMILES string of the molecule is CCc1nn(Cc2ccc(-c3ccccc3-c3nn[nH]n3)cc2)c(=NC(=O)c2ccncc2)s1. The van der Waals surface area contributed by atoms with Crippen LogP contribution >= 0.6 is 11.3 Å². The van der Waals surface area contributed by atoms with Crippen molar-refractivity contribution in [3.05, 3.63) is 94.0 Å². The molecule has 5 rings (SSSR count). The van der Waals surface area contributed by atoms with Crippen molar-refractivity contribution in [2.75, 3.05) is 0 Å². The van der Waals surface area contributed by atoms with Gasteiger partial charge < -0.3 is 0 Å². The third-order valence-corrected chi connectivity index (χ3v) is 6.29. The Labute approximate surface area is 198 Å². The number of benzene rings is 2. The summed E-state index contributed by atoms with van der Waals surface area (Å²) in [4.78, 5) is 21.5. The summed E-state index contributed by atoms with van der Waals surface area (Å²) in [6.45, 7) is 2.54. The lowest BCUT2D eigenvalue weighted by atomic mass is 9.98. The average molecular weight is 469 g/mol. The van der Waals surface area contributed by atoms with Crippen molar-refractivity contribution in [1.82, 2.24) is 35.4 Å². The number of H-pyrrole nitrogens is 1. The van der Waals surface area contributed by atoms with Gasteiger partial charge in [-0.05, 0) is 40.5 Å². The predicted molar refractivity (Wildman–Crippen MR) is 128 cm³/mol. The summed E-state index contributed by atoms with van der Waals surface area (Å²) >= 11 is 1.43. The molecule has 0 atom stereocenters. The Morgan fingerprint density at radius 1 is 1.03 bits per heavy atom. The van der Waals surface area contributed by atoms with E-state index >= 15 is 0 Å². The third-order valence-electron chi connectivity index (χ3n) is 5.20. The van der Waals surface area contributed by atoms with E-state index in [-0.39, 0.29) is 5.91 Å². The van der Waals surface area contributed by atoms with Crippen LogP contribution in [0.3, 0.4) is 0 Å². The molecule has 0 radical (unpaired) electrons. The van der Waals surface area contributed by atoms with Gasteiger partial charge in [0, 0.05) is 23.5 Å². The zero-order valence-electron chi connectivity index (χ0n) is 18.3. The average Bonchev–Trinajstić information content (AvgIpc) is 3.56. The van der Waals surface area contributed by atoms with Crippen molar-refractivity contribution in [3.8, 4) is 22.5 Å². The summed E-state index contributed by atoms with van der Waals surface area (Å²) in [7, 11) is 0. The van der Waals surface area contributed by atoms with Crippen molar-refractivity contribution in [3.63, 3.8) is 0 Å². The summed E-state index contributed by atoms with van der Waals surface area (Å²) in [6.07, 6.45) is 3.94.